The summed E-state index contributed by atoms with van der Waals surface area (Å²) in [5.74, 6) is 1.88. The summed E-state index contributed by atoms with van der Waals surface area (Å²) in [6, 6.07) is 3.91. The molecule has 1 aromatic rings. The second-order valence-electron chi connectivity index (χ2n) is 4.46. The van der Waals surface area contributed by atoms with Crippen molar-refractivity contribution in [3.8, 4) is 17.2 Å². The molecule has 0 amide bonds. The van der Waals surface area contributed by atoms with E-state index in [-0.39, 0.29) is 12.8 Å². The van der Waals surface area contributed by atoms with Crippen molar-refractivity contribution < 1.29 is 14.2 Å². The molecule has 2 rings (SSSR count). The van der Waals surface area contributed by atoms with Crippen LogP contribution in [0.15, 0.2) is 17.2 Å². The van der Waals surface area contributed by atoms with E-state index in [1.165, 1.54) is 0 Å². The van der Waals surface area contributed by atoms with Crippen LogP contribution < -0.4 is 25.0 Å². The average Bonchev–Trinajstić information content (AvgIpc) is 2.85. The maximum atomic E-state index is 5.34. The number of rotatable bonds is 4. The molecule has 0 saturated heterocycles. The van der Waals surface area contributed by atoms with Crippen molar-refractivity contribution in [2.75, 3.05) is 13.9 Å². The van der Waals surface area contributed by atoms with E-state index in [9.17, 15) is 0 Å². The number of nitrogens with zero attached hydrogens (tertiary/aromatic N) is 1. The molecule has 1 aliphatic heterocycles. The van der Waals surface area contributed by atoms with Gasteiger partial charge >= 0.3 is 0 Å². The molecule has 1 aliphatic rings. The molecule has 20 heavy (non-hydrogen) atoms. The maximum absolute atomic E-state index is 5.34. The first kappa shape index (κ1) is 14.4. The van der Waals surface area contributed by atoms with Crippen LogP contribution in [-0.4, -0.2) is 31.3 Å². The third kappa shape index (κ3) is 3.51. The molecule has 0 radical (unpaired) electrons. The van der Waals surface area contributed by atoms with E-state index >= 15 is 0 Å². The van der Waals surface area contributed by atoms with Gasteiger partial charge in [0.25, 0.3) is 0 Å². The number of fused-ring (bicyclic) bond motifs is 1. The Kier molecular flexibility index (Phi) is 4.62. The van der Waals surface area contributed by atoms with Crippen LogP contribution in [0.2, 0.25) is 0 Å². The van der Waals surface area contributed by atoms with Crippen molar-refractivity contribution in [2.45, 2.75) is 19.9 Å². The minimum Gasteiger partial charge on any atom is -0.493 e. The van der Waals surface area contributed by atoms with E-state index in [4.69, 9.17) is 26.4 Å². The number of hydrogen-bond acceptors (Lipinski definition) is 5. The van der Waals surface area contributed by atoms with Crippen LogP contribution in [0, 0.1) is 0 Å². The molecule has 2 N–H and O–H groups in total. The minimum atomic E-state index is 0.201. The molecule has 0 saturated carbocycles. The Morgan fingerprint density at radius 2 is 2.25 bits per heavy atom. The van der Waals surface area contributed by atoms with Crippen LogP contribution in [0.25, 0.3) is 0 Å². The van der Waals surface area contributed by atoms with Gasteiger partial charge in [-0.05, 0) is 38.2 Å². The van der Waals surface area contributed by atoms with Crippen molar-refractivity contribution in [3.63, 3.8) is 0 Å². The average molecular weight is 295 g/mol. The molecule has 0 spiro atoms. The van der Waals surface area contributed by atoms with Crippen LogP contribution in [0.5, 0.6) is 17.2 Å². The van der Waals surface area contributed by atoms with Gasteiger partial charge in [-0.25, -0.2) is 0 Å². The summed E-state index contributed by atoms with van der Waals surface area (Å²) in [5, 5.41) is 7.57. The molecule has 108 valence electrons. The fraction of sp³-hybridized carbons (Fsp3) is 0.385. The Morgan fingerprint density at radius 3 is 2.95 bits per heavy atom. The van der Waals surface area contributed by atoms with Crippen LogP contribution >= 0.6 is 12.2 Å². The van der Waals surface area contributed by atoms with Crippen LogP contribution in [0.4, 0.5) is 0 Å². The van der Waals surface area contributed by atoms with Gasteiger partial charge in [0.15, 0.2) is 16.6 Å². The van der Waals surface area contributed by atoms with E-state index in [1.807, 2.05) is 26.0 Å². The zero-order chi connectivity index (χ0) is 14.5. The minimum absolute atomic E-state index is 0.201. The highest BCUT2D eigenvalue weighted by molar-refractivity contribution is 7.80. The number of hydrogen-bond donors (Lipinski definition) is 2. The highest BCUT2D eigenvalue weighted by atomic mass is 32.1. The molecular weight excluding hydrogens is 278 g/mol. The van der Waals surface area contributed by atoms with Crippen molar-refractivity contribution in [3.05, 3.63) is 17.7 Å². The first-order chi connectivity index (χ1) is 9.60. The summed E-state index contributed by atoms with van der Waals surface area (Å²) in [5.41, 5.74) is 3.57. The van der Waals surface area contributed by atoms with Gasteiger partial charge in [-0.2, -0.15) is 5.10 Å². The van der Waals surface area contributed by atoms with Gasteiger partial charge in [-0.1, -0.05) is 0 Å². The molecule has 1 heterocycles. The molecule has 0 unspecified atom stereocenters. The summed E-state index contributed by atoms with van der Waals surface area (Å²) in [7, 11) is 1.58. The van der Waals surface area contributed by atoms with Crippen LogP contribution in [-0.2, 0) is 0 Å². The monoisotopic (exact) mass is 295 g/mol. The normalized spacial score (nSPS) is 12.8. The fourth-order valence-electron chi connectivity index (χ4n) is 1.68. The van der Waals surface area contributed by atoms with E-state index < -0.39 is 0 Å². The zero-order valence-corrected chi connectivity index (χ0v) is 12.4. The van der Waals surface area contributed by atoms with E-state index in [1.54, 1.807) is 13.3 Å². The number of hydrazone groups is 1. The second kappa shape index (κ2) is 6.42. The highest BCUT2D eigenvalue weighted by Crippen LogP contribution is 2.41. The number of thiocarbonyl (C=S) groups is 1. The molecular formula is C13H17N3O3S. The van der Waals surface area contributed by atoms with Gasteiger partial charge in [0.05, 0.1) is 13.3 Å². The van der Waals surface area contributed by atoms with Crippen molar-refractivity contribution in [2.24, 2.45) is 5.10 Å². The van der Waals surface area contributed by atoms with Gasteiger partial charge in [0, 0.05) is 11.6 Å². The Bertz CT molecular complexity index is 532. The molecule has 0 fully saturated rings. The van der Waals surface area contributed by atoms with Gasteiger partial charge in [0.1, 0.15) is 0 Å². The molecule has 0 aliphatic carbocycles. The summed E-state index contributed by atoms with van der Waals surface area (Å²) < 4.78 is 15.9. The molecule has 0 aromatic heterocycles. The maximum Gasteiger partial charge on any atom is 0.231 e. The third-order valence-corrected chi connectivity index (χ3v) is 2.69. The van der Waals surface area contributed by atoms with Crippen LogP contribution in [0.1, 0.15) is 19.4 Å². The number of nitrogens with one attached hydrogen (secondary N) is 2. The van der Waals surface area contributed by atoms with Gasteiger partial charge < -0.3 is 19.5 Å². The first-order valence-corrected chi connectivity index (χ1v) is 6.58. The van der Waals surface area contributed by atoms with E-state index in [2.05, 4.69) is 15.8 Å². The highest BCUT2D eigenvalue weighted by Gasteiger charge is 2.19. The van der Waals surface area contributed by atoms with Gasteiger partial charge in [-0.15, -0.1) is 0 Å². The lowest BCUT2D eigenvalue weighted by Crippen LogP contribution is -2.36. The predicted molar refractivity (Wildman–Crippen MR) is 80.7 cm³/mol. The Morgan fingerprint density at radius 1 is 1.45 bits per heavy atom. The molecule has 1 aromatic carbocycles. The smallest absolute Gasteiger partial charge is 0.231 e. The summed E-state index contributed by atoms with van der Waals surface area (Å²) in [6.07, 6.45) is 1.64. The Balaban J connectivity index is 2.05. The van der Waals surface area contributed by atoms with Crippen molar-refractivity contribution in [1.29, 1.82) is 0 Å². The molecule has 6 nitrogen and oxygen atoms in total. The van der Waals surface area contributed by atoms with E-state index in [0.29, 0.717) is 22.4 Å². The lowest BCUT2D eigenvalue weighted by molar-refractivity contribution is 0.171. The number of benzene rings is 1. The Hall–Kier alpha value is -2.02. The second-order valence-corrected chi connectivity index (χ2v) is 4.86. The SMILES string of the molecule is COc1cc(/C=N\NC(=S)NC(C)C)cc2c1OCO2. The predicted octanol–water partition coefficient (Wildman–Crippen LogP) is 1.63. The Labute approximate surface area is 123 Å². The van der Waals surface area contributed by atoms with Crippen molar-refractivity contribution >= 4 is 23.5 Å². The van der Waals surface area contributed by atoms with Gasteiger partial charge in [0.2, 0.25) is 12.5 Å². The van der Waals surface area contributed by atoms with Crippen molar-refractivity contribution in [1.82, 2.24) is 10.7 Å². The largest absolute Gasteiger partial charge is 0.493 e. The third-order valence-electron chi connectivity index (χ3n) is 2.48. The zero-order valence-electron chi connectivity index (χ0n) is 11.6. The quantitative estimate of drug-likeness (QED) is 0.500. The van der Waals surface area contributed by atoms with E-state index in [0.717, 1.165) is 5.56 Å². The number of methoxy groups -OCH3 is 1. The summed E-state index contributed by atoms with van der Waals surface area (Å²) >= 11 is 5.07. The lowest BCUT2D eigenvalue weighted by Gasteiger charge is -2.09. The van der Waals surface area contributed by atoms with Gasteiger partial charge in [-0.3, -0.25) is 5.43 Å². The molecule has 0 bridgehead atoms. The van der Waals surface area contributed by atoms with Crippen LogP contribution in [0.3, 0.4) is 0 Å². The summed E-state index contributed by atoms with van der Waals surface area (Å²) in [4.78, 5) is 0. The first-order valence-electron chi connectivity index (χ1n) is 6.17. The fourth-order valence-corrected chi connectivity index (χ4v) is 1.97. The molecule has 0 atom stereocenters. The summed E-state index contributed by atoms with van der Waals surface area (Å²) in [6.45, 7) is 4.20. The topological polar surface area (TPSA) is 64.1 Å². The molecule has 7 heteroatoms. The standard InChI is InChI=1S/C13H17N3O3S/c1-8(2)15-13(20)16-14-6-9-4-10(17-3)12-11(5-9)18-7-19-12/h4-6,8H,7H2,1-3H3,(H2,15,16,20)/b14-6-. The lowest BCUT2D eigenvalue weighted by atomic mass is 10.2. The number of ether oxygens (including phenoxy) is 3.